The van der Waals surface area contributed by atoms with Crippen LogP contribution < -0.4 is 0 Å². The number of rotatable bonds is 10. The second kappa shape index (κ2) is 14.1. The molecule has 2 fully saturated rings. The van der Waals surface area contributed by atoms with Gasteiger partial charge in [-0.3, -0.25) is 19.4 Å². The average molecular weight is 685 g/mol. The first-order valence-corrected chi connectivity index (χ1v) is 18.8. The predicted octanol–water partition coefficient (Wildman–Crippen LogP) is 8.97. The van der Waals surface area contributed by atoms with Gasteiger partial charge in [-0.2, -0.15) is 0 Å². The summed E-state index contributed by atoms with van der Waals surface area (Å²) in [4.78, 5) is 31.0. The number of aromatic hydroxyl groups is 1. The summed E-state index contributed by atoms with van der Waals surface area (Å²) in [6.45, 7) is 31.3. The van der Waals surface area contributed by atoms with Gasteiger partial charge in [0.2, 0.25) is 0 Å². The van der Waals surface area contributed by atoms with E-state index in [4.69, 9.17) is 4.74 Å². The number of hydrogen-bond donors (Lipinski definition) is 2. The number of carboxylic acids is 1. The van der Waals surface area contributed by atoms with Crippen molar-refractivity contribution in [2.24, 2.45) is 23.7 Å². The molecule has 0 radical (unpaired) electrons. The maximum atomic E-state index is 13.4. The minimum atomic E-state index is -1.31. The van der Waals surface area contributed by atoms with Gasteiger partial charge in [-0.15, -0.1) is 0 Å². The van der Waals surface area contributed by atoms with Crippen LogP contribution >= 0.6 is 0 Å². The topological polar surface area (TPSA) is 90.3 Å². The third kappa shape index (κ3) is 9.41. The molecule has 2 aliphatic heterocycles. The number of likely N-dealkylation sites (tertiary alicyclic amines) is 2. The van der Waals surface area contributed by atoms with Crippen LogP contribution in [0.1, 0.15) is 152 Å². The van der Waals surface area contributed by atoms with E-state index in [2.05, 4.69) is 79.3 Å². The highest BCUT2D eigenvalue weighted by atomic mass is 16.5. The highest BCUT2D eigenvalue weighted by Crippen LogP contribution is 2.51. The molecule has 0 spiro atoms. The summed E-state index contributed by atoms with van der Waals surface area (Å²) < 4.78 is 5.79. The van der Waals surface area contributed by atoms with Crippen molar-refractivity contribution in [3.05, 3.63) is 28.8 Å². The molecule has 7 heteroatoms. The van der Waals surface area contributed by atoms with Crippen LogP contribution in [0.25, 0.3) is 0 Å². The highest BCUT2D eigenvalue weighted by Gasteiger charge is 2.50. The van der Waals surface area contributed by atoms with Crippen LogP contribution in [-0.4, -0.2) is 74.8 Å². The minimum absolute atomic E-state index is 0.0166. The number of benzene rings is 1. The first-order chi connectivity index (χ1) is 22.0. The smallest absolute Gasteiger partial charge is 0.320 e. The molecule has 7 nitrogen and oxygen atoms in total. The molecule has 0 saturated carbocycles. The van der Waals surface area contributed by atoms with E-state index >= 15 is 0 Å². The Kier molecular flexibility index (Phi) is 11.9. The van der Waals surface area contributed by atoms with Gasteiger partial charge in [-0.25, -0.2) is 0 Å². The van der Waals surface area contributed by atoms with Crippen LogP contribution in [0.15, 0.2) is 12.1 Å². The third-order valence-electron chi connectivity index (χ3n) is 12.6. The maximum Gasteiger partial charge on any atom is 0.320 e. The van der Waals surface area contributed by atoms with Crippen molar-refractivity contribution < 1.29 is 24.5 Å². The van der Waals surface area contributed by atoms with Gasteiger partial charge < -0.3 is 14.9 Å². The maximum absolute atomic E-state index is 13.4. The van der Waals surface area contributed by atoms with Crippen molar-refractivity contribution in [3.8, 4) is 5.75 Å². The number of nitrogens with zero attached hydrogens (tertiary/aromatic N) is 2. The lowest BCUT2D eigenvalue weighted by atomic mass is 9.60. The van der Waals surface area contributed by atoms with Crippen molar-refractivity contribution in [2.75, 3.05) is 20.7 Å². The molecule has 0 aromatic heterocycles. The number of carboxylic acid groups (broad SMARTS) is 1. The Labute approximate surface area is 299 Å². The van der Waals surface area contributed by atoms with Crippen LogP contribution in [0.5, 0.6) is 5.75 Å². The number of esters is 1. The lowest BCUT2D eigenvalue weighted by Crippen LogP contribution is -2.62. The molecule has 2 heterocycles. The molecule has 49 heavy (non-hydrogen) atoms. The first kappa shape index (κ1) is 41.3. The van der Waals surface area contributed by atoms with Gasteiger partial charge in [0.05, 0.1) is 6.61 Å². The van der Waals surface area contributed by atoms with Crippen LogP contribution in [0.2, 0.25) is 0 Å². The van der Waals surface area contributed by atoms with E-state index in [1.165, 1.54) is 0 Å². The summed E-state index contributed by atoms with van der Waals surface area (Å²) >= 11 is 0. The number of phenolic OH excluding ortho intramolecular Hbond substituents is 1. The summed E-state index contributed by atoms with van der Waals surface area (Å²) in [5.41, 5.74) is 1.83. The first-order valence-electron chi connectivity index (χ1n) is 18.8. The lowest BCUT2D eigenvalue weighted by molar-refractivity contribution is -0.158. The molecular weight excluding hydrogens is 612 g/mol. The zero-order chi connectivity index (χ0) is 37.7. The van der Waals surface area contributed by atoms with Crippen molar-refractivity contribution in [1.82, 2.24) is 9.80 Å². The largest absolute Gasteiger partial charge is 0.507 e. The van der Waals surface area contributed by atoms with Crippen LogP contribution in [0, 0.1) is 23.7 Å². The van der Waals surface area contributed by atoms with E-state index in [1.54, 1.807) is 0 Å². The van der Waals surface area contributed by atoms with Gasteiger partial charge in [-0.1, -0.05) is 53.7 Å². The number of phenols is 1. The Hall–Kier alpha value is -2.12. The van der Waals surface area contributed by atoms with Crippen LogP contribution in [0.3, 0.4) is 0 Å². The highest BCUT2D eigenvalue weighted by molar-refractivity contribution is 5.94. The quantitative estimate of drug-likeness (QED) is 0.144. The van der Waals surface area contributed by atoms with Gasteiger partial charge in [0, 0.05) is 22.2 Å². The molecule has 1 atom stereocenters. The monoisotopic (exact) mass is 685 g/mol. The van der Waals surface area contributed by atoms with E-state index in [0.717, 1.165) is 48.8 Å². The number of ether oxygens (including phenoxy) is 1. The molecule has 2 aliphatic rings. The number of carbonyl (C=O) groups excluding carboxylic acids is 1. The molecule has 1 aromatic rings. The molecule has 1 unspecified atom stereocenters. The SMILES string of the molecule is CN1C(C)(C)CC(C(CCCOC(=O)C(Cc2cc(C(C)(C)C)c(O)c(C(C)(C)C)c2)C(=O)O)C2CC(C)(C)N(C)C(C)(C)C2)CC1(C)C. The fraction of sp³-hybridized carbons (Fsp3) is 0.810. The number of aliphatic carboxylic acids is 1. The van der Waals surface area contributed by atoms with E-state index in [-0.39, 0.29) is 51.8 Å². The zero-order valence-corrected chi connectivity index (χ0v) is 34.1. The summed E-state index contributed by atoms with van der Waals surface area (Å²) in [7, 11) is 4.52. The molecule has 0 amide bonds. The van der Waals surface area contributed by atoms with Gasteiger partial charge >= 0.3 is 11.9 Å². The Morgan fingerprint density at radius 3 is 1.47 bits per heavy atom. The van der Waals surface area contributed by atoms with E-state index < -0.39 is 17.9 Å². The Bertz CT molecular complexity index is 1230. The standard InChI is InChI=1S/C42H72N2O5/c1-37(2,3)32-21-27(22-33(34(32)45)38(4,5)6)20-31(35(46)47)36(48)49-19-17-18-30(28-23-39(7,8)43(15)40(9,10)24-28)29-25-41(11,12)44(16)42(13,14)26-29/h21-22,28-31,45H,17-20,23-26H2,1-16H3,(H,46,47). The summed E-state index contributed by atoms with van der Waals surface area (Å²) in [6.07, 6.45) is 6.20. The summed E-state index contributed by atoms with van der Waals surface area (Å²) in [5, 5.41) is 21.3. The van der Waals surface area contributed by atoms with Crippen molar-refractivity contribution >= 4 is 11.9 Å². The summed E-state index contributed by atoms with van der Waals surface area (Å²) in [6, 6.07) is 3.71. The molecule has 1 aromatic carbocycles. The Morgan fingerprint density at radius 1 is 0.776 bits per heavy atom. The molecule has 2 saturated heterocycles. The Balaban J connectivity index is 1.82. The molecule has 0 bridgehead atoms. The van der Waals surface area contributed by atoms with Crippen molar-refractivity contribution in [2.45, 2.75) is 175 Å². The molecule has 3 rings (SSSR count). The van der Waals surface area contributed by atoms with Crippen molar-refractivity contribution in [3.63, 3.8) is 0 Å². The number of piperidine rings is 2. The minimum Gasteiger partial charge on any atom is -0.507 e. The van der Waals surface area contributed by atoms with Gasteiger partial charge in [-0.05, 0) is 160 Å². The van der Waals surface area contributed by atoms with Crippen LogP contribution in [0.4, 0.5) is 0 Å². The number of hydrogen-bond acceptors (Lipinski definition) is 6. The van der Waals surface area contributed by atoms with E-state index in [0.29, 0.717) is 24.2 Å². The second-order valence-corrected chi connectivity index (χ2v) is 20.3. The fourth-order valence-electron chi connectivity index (χ4n) is 9.41. The lowest BCUT2D eigenvalue weighted by Gasteiger charge is -2.59. The Morgan fingerprint density at radius 2 is 1.14 bits per heavy atom. The van der Waals surface area contributed by atoms with Gasteiger partial charge in [0.1, 0.15) is 5.75 Å². The van der Waals surface area contributed by atoms with E-state index in [1.807, 2.05) is 53.7 Å². The molecule has 0 aliphatic carbocycles. The predicted molar refractivity (Wildman–Crippen MR) is 201 cm³/mol. The van der Waals surface area contributed by atoms with Crippen molar-refractivity contribution in [1.29, 1.82) is 0 Å². The van der Waals surface area contributed by atoms with Crippen LogP contribution in [-0.2, 0) is 31.6 Å². The molecule has 280 valence electrons. The number of carbonyl (C=O) groups is 2. The van der Waals surface area contributed by atoms with Gasteiger partial charge in [0.25, 0.3) is 0 Å². The van der Waals surface area contributed by atoms with Gasteiger partial charge in [0.15, 0.2) is 5.92 Å². The summed E-state index contributed by atoms with van der Waals surface area (Å²) in [5.74, 6) is -1.36. The zero-order valence-electron chi connectivity index (χ0n) is 34.1. The second-order valence-electron chi connectivity index (χ2n) is 20.3. The van der Waals surface area contributed by atoms with E-state index in [9.17, 15) is 19.8 Å². The average Bonchev–Trinajstić information content (AvgIpc) is 2.91. The molecular formula is C42H72N2O5. The normalized spacial score (nSPS) is 22.6. The molecule has 2 N–H and O–H groups in total. The third-order valence-corrected chi connectivity index (χ3v) is 12.6. The fourth-order valence-corrected chi connectivity index (χ4v) is 9.41.